The standard InChI is InChI=1S/C19H18N2O3/c1-2-23-18(22)14-15-7-5-8-16(13-15)24-17-9-6-10-20-19(17)21-11-3-4-12-21/h3-13H,2,14H2,1H3. The molecule has 5 nitrogen and oxygen atoms in total. The van der Waals surface area contributed by atoms with E-state index in [-0.39, 0.29) is 12.4 Å². The van der Waals surface area contributed by atoms with Gasteiger partial charge in [-0.25, -0.2) is 4.98 Å². The fraction of sp³-hybridized carbons (Fsp3) is 0.158. The molecule has 0 aliphatic heterocycles. The molecule has 5 heteroatoms. The van der Waals surface area contributed by atoms with E-state index in [1.54, 1.807) is 13.1 Å². The zero-order valence-corrected chi connectivity index (χ0v) is 13.4. The highest BCUT2D eigenvalue weighted by atomic mass is 16.5. The smallest absolute Gasteiger partial charge is 0.310 e. The molecule has 3 rings (SSSR count). The highest BCUT2D eigenvalue weighted by Crippen LogP contribution is 2.27. The molecular weight excluding hydrogens is 304 g/mol. The van der Waals surface area contributed by atoms with Gasteiger partial charge in [0.15, 0.2) is 11.6 Å². The molecule has 0 aliphatic carbocycles. The number of carbonyl (C=O) groups excluding carboxylic acids is 1. The van der Waals surface area contributed by atoms with Gasteiger partial charge in [-0.05, 0) is 48.9 Å². The molecule has 0 fully saturated rings. The lowest BCUT2D eigenvalue weighted by Gasteiger charge is -2.11. The van der Waals surface area contributed by atoms with E-state index in [1.165, 1.54) is 0 Å². The number of carbonyl (C=O) groups is 1. The molecule has 0 aliphatic rings. The number of esters is 1. The quantitative estimate of drug-likeness (QED) is 0.648. The van der Waals surface area contributed by atoms with Gasteiger partial charge in [-0.2, -0.15) is 0 Å². The van der Waals surface area contributed by atoms with Gasteiger partial charge < -0.3 is 14.0 Å². The van der Waals surface area contributed by atoms with Crippen LogP contribution in [0.5, 0.6) is 11.5 Å². The molecule has 122 valence electrons. The molecule has 1 aromatic carbocycles. The third-order valence-electron chi connectivity index (χ3n) is 3.38. The lowest BCUT2D eigenvalue weighted by atomic mass is 10.1. The van der Waals surface area contributed by atoms with Gasteiger partial charge >= 0.3 is 5.97 Å². The third kappa shape index (κ3) is 3.81. The van der Waals surface area contributed by atoms with E-state index in [9.17, 15) is 4.79 Å². The average molecular weight is 322 g/mol. The number of hydrogen-bond donors (Lipinski definition) is 0. The summed E-state index contributed by atoms with van der Waals surface area (Å²) in [4.78, 5) is 16.0. The topological polar surface area (TPSA) is 53.4 Å². The van der Waals surface area contributed by atoms with Crippen LogP contribution in [-0.2, 0) is 16.0 Å². The Balaban J connectivity index is 1.81. The maximum Gasteiger partial charge on any atom is 0.310 e. The molecule has 24 heavy (non-hydrogen) atoms. The molecule has 0 N–H and O–H groups in total. The van der Waals surface area contributed by atoms with Crippen LogP contribution in [0.15, 0.2) is 67.1 Å². The Kier molecular flexibility index (Phi) is 4.91. The number of pyridine rings is 1. The van der Waals surface area contributed by atoms with Crippen LogP contribution in [0.2, 0.25) is 0 Å². The Labute approximate surface area is 140 Å². The SMILES string of the molecule is CCOC(=O)Cc1cccc(Oc2cccnc2-n2cccc2)c1. The Bertz CT molecular complexity index is 813. The Hall–Kier alpha value is -3.08. The van der Waals surface area contributed by atoms with Gasteiger partial charge in [-0.3, -0.25) is 4.79 Å². The number of ether oxygens (including phenoxy) is 2. The largest absolute Gasteiger partial charge is 0.466 e. The van der Waals surface area contributed by atoms with Crippen LogP contribution in [0.4, 0.5) is 0 Å². The first-order valence-electron chi connectivity index (χ1n) is 7.77. The molecule has 2 aromatic heterocycles. The molecule has 0 amide bonds. The van der Waals surface area contributed by atoms with Crippen molar-refractivity contribution < 1.29 is 14.3 Å². The second kappa shape index (κ2) is 7.46. The summed E-state index contributed by atoms with van der Waals surface area (Å²) in [5.74, 6) is 1.75. The van der Waals surface area contributed by atoms with Gasteiger partial charge in [0.1, 0.15) is 5.75 Å². The highest BCUT2D eigenvalue weighted by Gasteiger charge is 2.09. The van der Waals surface area contributed by atoms with Gasteiger partial charge in [-0.1, -0.05) is 12.1 Å². The first-order chi connectivity index (χ1) is 11.8. The van der Waals surface area contributed by atoms with E-state index in [0.717, 1.165) is 5.56 Å². The molecule has 0 saturated carbocycles. The van der Waals surface area contributed by atoms with Crippen LogP contribution >= 0.6 is 0 Å². The number of nitrogens with zero attached hydrogens (tertiary/aromatic N) is 2. The molecule has 0 saturated heterocycles. The molecule has 0 atom stereocenters. The molecule has 3 aromatic rings. The van der Waals surface area contributed by atoms with E-state index in [1.807, 2.05) is 65.5 Å². The first-order valence-corrected chi connectivity index (χ1v) is 7.77. The van der Waals surface area contributed by atoms with Crippen LogP contribution in [0.1, 0.15) is 12.5 Å². The van der Waals surface area contributed by atoms with E-state index in [4.69, 9.17) is 9.47 Å². The van der Waals surface area contributed by atoms with Crippen LogP contribution < -0.4 is 4.74 Å². The summed E-state index contributed by atoms with van der Waals surface area (Å²) in [6, 6.07) is 15.0. The third-order valence-corrected chi connectivity index (χ3v) is 3.38. The fourth-order valence-electron chi connectivity index (χ4n) is 2.36. The van der Waals surface area contributed by atoms with Crippen LogP contribution in [0.3, 0.4) is 0 Å². The van der Waals surface area contributed by atoms with Crippen molar-refractivity contribution in [3.8, 4) is 17.3 Å². The summed E-state index contributed by atoms with van der Waals surface area (Å²) in [5.41, 5.74) is 0.845. The van der Waals surface area contributed by atoms with Gasteiger partial charge in [0.2, 0.25) is 0 Å². The molecule has 0 unspecified atom stereocenters. The number of hydrogen-bond acceptors (Lipinski definition) is 4. The van der Waals surface area contributed by atoms with Gasteiger partial charge in [0.25, 0.3) is 0 Å². The number of aromatic nitrogens is 2. The number of rotatable bonds is 6. The van der Waals surface area contributed by atoms with Crippen molar-refractivity contribution in [1.29, 1.82) is 0 Å². The Morgan fingerprint density at radius 1 is 1.12 bits per heavy atom. The lowest BCUT2D eigenvalue weighted by Crippen LogP contribution is -2.07. The van der Waals surface area contributed by atoms with Gasteiger partial charge in [0.05, 0.1) is 13.0 Å². The molecule has 0 bridgehead atoms. The zero-order valence-electron chi connectivity index (χ0n) is 13.4. The summed E-state index contributed by atoms with van der Waals surface area (Å²) in [5, 5.41) is 0. The van der Waals surface area contributed by atoms with Crippen molar-refractivity contribution in [3.63, 3.8) is 0 Å². The van der Waals surface area contributed by atoms with Crippen molar-refractivity contribution in [3.05, 3.63) is 72.7 Å². The van der Waals surface area contributed by atoms with Crippen molar-refractivity contribution in [2.24, 2.45) is 0 Å². The van der Waals surface area contributed by atoms with E-state index in [2.05, 4.69) is 4.98 Å². The van der Waals surface area contributed by atoms with E-state index in [0.29, 0.717) is 23.9 Å². The van der Waals surface area contributed by atoms with Crippen LogP contribution in [0.25, 0.3) is 5.82 Å². The molecule has 0 spiro atoms. The van der Waals surface area contributed by atoms with E-state index >= 15 is 0 Å². The van der Waals surface area contributed by atoms with Gasteiger partial charge in [-0.15, -0.1) is 0 Å². The number of benzene rings is 1. The second-order valence-electron chi connectivity index (χ2n) is 5.15. The minimum atomic E-state index is -0.246. The molecule has 0 radical (unpaired) electrons. The minimum absolute atomic E-state index is 0.225. The fourth-order valence-corrected chi connectivity index (χ4v) is 2.36. The van der Waals surface area contributed by atoms with Crippen molar-refractivity contribution in [2.45, 2.75) is 13.3 Å². The van der Waals surface area contributed by atoms with E-state index < -0.39 is 0 Å². The monoisotopic (exact) mass is 322 g/mol. The van der Waals surface area contributed by atoms with Crippen LogP contribution in [0, 0.1) is 0 Å². The highest BCUT2D eigenvalue weighted by molar-refractivity contribution is 5.72. The lowest BCUT2D eigenvalue weighted by molar-refractivity contribution is -0.142. The predicted molar refractivity (Wildman–Crippen MR) is 90.4 cm³/mol. The first kappa shape index (κ1) is 15.8. The predicted octanol–water partition coefficient (Wildman–Crippen LogP) is 3.77. The van der Waals surface area contributed by atoms with Gasteiger partial charge in [0, 0.05) is 18.6 Å². The summed E-state index contributed by atoms with van der Waals surface area (Å²) >= 11 is 0. The Morgan fingerprint density at radius 2 is 1.96 bits per heavy atom. The maximum absolute atomic E-state index is 11.6. The summed E-state index contributed by atoms with van der Waals surface area (Å²) < 4.78 is 12.8. The van der Waals surface area contributed by atoms with Crippen molar-refractivity contribution in [1.82, 2.24) is 9.55 Å². The Morgan fingerprint density at radius 3 is 2.75 bits per heavy atom. The second-order valence-corrected chi connectivity index (χ2v) is 5.15. The molecular formula is C19H18N2O3. The normalized spacial score (nSPS) is 10.4. The average Bonchev–Trinajstić information content (AvgIpc) is 3.10. The maximum atomic E-state index is 11.6. The van der Waals surface area contributed by atoms with Crippen LogP contribution in [-0.4, -0.2) is 22.1 Å². The summed E-state index contributed by atoms with van der Waals surface area (Å²) in [7, 11) is 0. The minimum Gasteiger partial charge on any atom is -0.466 e. The zero-order chi connectivity index (χ0) is 16.8. The van der Waals surface area contributed by atoms with Crippen molar-refractivity contribution in [2.75, 3.05) is 6.61 Å². The van der Waals surface area contributed by atoms with Crippen molar-refractivity contribution >= 4 is 5.97 Å². The summed E-state index contributed by atoms with van der Waals surface area (Å²) in [6.45, 7) is 2.17. The molecule has 2 heterocycles. The summed E-state index contributed by atoms with van der Waals surface area (Å²) in [6.07, 6.45) is 5.76.